The first-order valence-corrected chi connectivity index (χ1v) is 7.33. The molecule has 1 aromatic rings. The Morgan fingerprint density at radius 1 is 1.37 bits per heavy atom. The van der Waals surface area contributed by atoms with Gasteiger partial charge >= 0.3 is 0 Å². The molecule has 3 nitrogen and oxygen atoms in total. The molecule has 0 saturated heterocycles. The molecule has 0 bridgehead atoms. The topological polar surface area (TPSA) is 36.4 Å². The van der Waals surface area contributed by atoms with Crippen molar-refractivity contribution >= 4 is 0 Å². The standard InChI is InChI=1S/C16H26N2O/c1-4-18(12-13-6-9-17-10-7-13)14-11-16(2,3)8-5-15(14)19/h6-7,9-10,14-15,19H,4-5,8,11-12H2,1-3H3. The average Bonchev–Trinajstić information content (AvgIpc) is 2.40. The summed E-state index contributed by atoms with van der Waals surface area (Å²) in [5.41, 5.74) is 1.61. The minimum atomic E-state index is -0.185. The third kappa shape index (κ3) is 3.77. The van der Waals surface area contributed by atoms with Crippen LogP contribution in [0.2, 0.25) is 0 Å². The van der Waals surface area contributed by atoms with E-state index in [-0.39, 0.29) is 12.1 Å². The maximum absolute atomic E-state index is 10.3. The van der Waals surface area contributed by atoms with E-state index in [1.54, 1.807) is 0 Å². The summed E-state index contributed by atoms with van der Waals surface area (Å²) in [6.45, 7) is 8.67. The van der Waals surface area contributed by atoms with Gasteiger partial charge in [-0.15, -0.1) is 0 Å². The van der Waals surface area contributed by atoms with Crippen LogP contribution in [0.5, 0.6) is 0 Å². The van der Waals surface area contributed by atoms with Crippen LogP contribution in [0.25, 0.3) is 0 Å². The van der Waals surface area contributed by atoms with Gasteiger partial charge in [0.05, 0.1) is 6.10 Å². The van der Waals surface area contributed by atoms with Gasteiger partial charge in [0.25, 0.3) is 0 Å². The van der Waals surface area contributed by atoms with E-state index < -0.39 is 0 Å². The molecule has 0 aromatic carbocycles. The van der Waals surface area contributed by atoms with Crippen molar-refractivity contribution < 1.29 is 5.11 Å². The highest BCUT2D eigenvalue weighted by atomic mass is 16.3. The maximum atomic E-state index is 10.3. The van der Waals surface area contributed by atoms with Gasteiger partial charge in [0.1, 0.15) is 0 Å². The molecule has 1 aliphatic rings. The van der Waals surface area contributed by atoms with Crippen molar-refractivity contribution in [1.29, 1.82) is 0 Å². The van der Waals surface area contributed by atoms with Crippen molar-refractivity contribution in [2.75, 3.05) is 6.54 Å². The third-order valence-electron chi connectivity index (χ3n) is 4.33. The van der Waals surface area contributed by atoms with Gasteiger partial charge in [-0.25, -0.2) is 0 Å². The summed E-state index contributed by atoms with van der Waals surface area (Å²) in [7, 11) is 0. The largest absolute Gasteiger partial charge is 0.391 e. The van der Waals surface area contributed by atoms with Crippen molar-refractivity contribution in [2.24, 2.45) is 5.41 Å². The summed E-state index contributed by atoms with van der Waals surface area (Å²) >= 11 is 0. The lowest BCUT2D eigenvalue weighted by atomic mass is 9.73. The molecule has 3 heteroatoms. The summed E-state index contributed by atoms with van der Waals surface area (Å²) in [5, 5.41) is 10.3. The van der Waals surface area contributed by atoms with Gasteiger partial charge in [-0.1, -0.05) is 20.8 Å². The Hall–Kier alpha value is -0.930. The van der Waals surface area contributed by atoms with Gasteiger partial charge < -0.3 is 5.11 Å². The lowest BCUT2D eigenvalue weighted by Gasteiger charge is -2.44. The Morgan fingerprint density at radius 3 is 2.68 bits per heavy atom. The molecule has 0 amide bonds. The first-order valence-electron chi connectivity index (χ1n) is 7.33. The van der Waals surface area contributed by atoms with Gasteiger partial charge in [-0.2, -0.15) is 0 Å². The van der Waals surface area contributed by atoms with Gasteiger partial charge in [-0.05, 0) is 48.9 Å². The van der Waals surface area contributed by atoms with Crippen molar-refractivity contribution in [2.45, 2.75) is 58.7 Å². The quantitative estimate of drug-likeness (QED) is 0.906. The predicted octanol–water partition coefficient (Wildman–Crippen LogP) is 2.84. The first-order chi connectivity index (χ1) is 9.02. The van der Waals surface area contributed by atoms with E-state index in [1.165, 1.54) is 5.56 Å². The number of rotatable bonds is 4. The molecule has 106 valence electrons. The molecule has 1 saturated carbocycles. The Balaban J connectivity index is 2.07. The molecule has 0 radical (unpaired) electrons. The number of hydrogen-bond donors (Lipinski definition) is 1. The molecular formula is C16H26N2O. The van der Waals surface area contributed by atoms with Gasteiger partial charge in [0, 0.05) is 25.0 Å². The Labute approximate surface area is 116 Å². The van der Waals surface area contributed by atoms with Crippen LogP contribution in [-0.4, -0.2) is 33.7 Å². The predicted molar refractivity (Wildman–Crippen MR) is 77.7 cm³/mol. The van der Waals surface area contributed by atoms with Crippen LogP contribution in [0.3, 0.4) is 0 Å². The van der Waals surface area contributed by atoms with Gasteiger partial charge in [0.2, 0.25) is 0 Å². The zero-order chi connectivity index (χ0) is 13.9. The zero-order valence-electron chi connectivity index (χ0n) is 12.3. The van der Waals surface area contributed by atoms with Crippen molar-refractivity contribution in [3.05, 3.63) is 30.1 Å². The van der Waals surface area contributed by atoms with Crippen molar-refractivity contribution in [3.8, 4) is 0 Å². The number of nitrogens with zero attached hydrogens (tertiary/aromatic N) is 2. The lowest BCUT2D eigenvalue weighted by molar-refractivity contribution is -0.0187. The summed E-state index contributed by atoms with van der Waals surface area (Å²) in [5.74, 6) is 0. The Bertz CT molecular complexity index is 391. The number of pyridine rings is 1. The van der Waals surface area contributed by atoms with E-state index >= 15 is 0 Å². The molecule has 2 atom stereocenters. The highest BCUT2D eigenvalue weighted by Crippen LogP contribution is 2.37. The van der Waals surface area contributed by atoms with E-state index in [1.807, 2.05) is 12.4 Å². The summed E-state index contributed by atoms with van der Waals surface area (Å²) in [6, 6.07) is 4.40. The van der Waals surface area contributed by atoms with Crippen LogP contribution in [-0.2, 0) is 6.54 Å². The number of hydrogen-bond acceptors (Lipinski definition) is 3. The molecule has 1 aromatic heterocycles. The van der Waals surface area contributed by atoms with Crippen LogP contribution >= 0.6 is 0 Å². The second kappa shape index (κ2) is 6.02. The Morgan fingerprint density at radius 2 is 2.05 bits per heavy atom. The SMILES string of the molecule is CCN(Cc1ccncc1)C1CC(C)(C)CCC1O. The number of aliphatic hydroxyl groups is 1. The van der Waals surface area contributed by atoms with E-state index in [0.717, 1.165) is 32.4 Å². The lowest BCUT2D eigenvalue weighted by Crippen LogP contribution is -2.48. The molecule has 19 heavy (non-hydrogen) atoms. The number of aliphatic hydroxyl groups excluding tert-OH is 1. The fourth-order valence-corrected chi connectivity index (χ4v) is 3.09. The molecular weight excluding hydrogens is 236 g/mol. The minimum Gasteiger partial charge on any atom is -0.391 e. The Kier molecular flexibility index (Phi) is 4.58. The van der Waals surface area contributed by atoms with Crippen LogP contribution in [0.15, 0.2) is 24.5 Å². The van der Waals surface area contributed by atoms with E-state index in [9.17, 15) is 5.11 Å². The monoisotopic (exact) mass is 262 g/mol. The van der Waals surface area contributed by atoms with Crippen LogP contribution in [0.4, 0.5) is 0 Å². The summed E-state index contributed by atoms with van der Waals surface area (Å²) in [6.07, 6.45) is 6.61. The molecule has 1 N–H and O–H groups in total. The summed E-state index contributed by atoms with van der Waals surface area (Å²) in [4.78, 5) is 6.46. The molecule has 1 fully saturated rings. The normalized spacial score (nSPS) is 26.6. The van der Waals surface area contributed by atoms with Crippen LogP contribution < -0.4 is 0 Å². The number of aromatic nitrogens is 1. The fraction of sp³-hybridized carbons (Fsp3) is 0.688. The molecule has 1 aliphatic carbocycles. The smallest absolute Gasteiger partial charge is 0.0695 e. The van der Waals surface area contributed by atoms with Gasteiger partial charge in [-0.3, -0.25) is 9.88 Å². The van der Waals surface area contributed by atoms with E-state index in [2.05, 4.69) is 42.8 Å². The average molecular weight is 262 g/mol. The van der Waals surface area contributed by atoms with Crippen LogP contribution in [0.1, 0.15) is 45.6 Å². The number of likely N-dealkylation sites (N-methyl/N-ethyl adjacent to an activating group) is 1. The first kappa shape index (κ1) is 14.5. The highest BCUT2D eigenvalue weighted by molar-refractivity contribution is 5.10. The van der Waals surface area contributed by atoms with E-state index in [4.69, 9.17) is 0 Å². The molecule has 0 spiro atoms. The third-order valence-corrected chi connectivity index (χ3v) is 4.33. The zero-order valence-corrected chi connectivity index (χ0v) is 12.3. The molecule has 0 aliphatic heterocycles. The van der Waals surface area contributed by atoms with Gasteiger partial charge in [0.15, 0.2) is 0 Å². The summed E-state index contributed by atoms with van der Waals surface area (Å²) < 4.78 is 0. The second-order valence-electron chi connectivity index (χ2n) is 6.46. The molecule has 1 heterocycles. The minimum absolute atomic E-state index is 0.185. The highest BCUT2D eigenvalue weighted by Gasteiger charge is 2.36. The maximum Gasteiger partial charge on any atom is 0.0695 e. The molecule has 2 rings (SSSR count). The van der Waals surface area contributed by atoms with E-state index in [0.29, 0.717) is 5.41 Å². The fourth-order valence-electron chi connectivity index (χ4n) is 3.09. The van der Waals surface area contributed by atoms with Crippen molar-refractivity contribution in [1.82, 2.24) is 9.88 Å². The second-order valence-corrected chi connectivity index (χ2v) is 6.46. The van der Waals surface area contributed by atoms with Crippen LogP contribution in [0, 0.1) is 5.41 Å². The molecule has 2 unspecified atom stereocenters. The van der Waals surface area contributed by atoms with Crippen molar-refractivity contribution in [3.63, 3.8) is 0 Å².